The first-order valence-corrected chi connectivity index (χ1v) is 6.96. The molecule has 0 radical (unpaired) electrons. The third-order valence-electron chi connectivity index (χ3n) is 3.76. The first kappa shape index (κ1) is 14.0. The largest absolute Gasteiger partial charge is 0.508 e. The fraction of sp³-hybridized carbons (Fsp3) is 0.533. The van der Waals surface area contributed by atoms with Gasteiger partial charge in [-0.3, -0.25) is 4.79 Å². The molecule has 0 amide bonds. The van der Waals surface area contributed by atoms with Gasteiger partial charge in [0, 0.05) is 44.7 Å². The summed E-state index contributed by atoms with van der Waals surface area (Å²) in [5.74, 6) is 0.352. The van der Waals surface area contributed by atoms with Crippen molar-refractivity contribution < 1.29 is 9.90 Å². The Labute approximate surface area is 114 Å². The number of carbonyl (C=O) groups is 1. The van der Waals surface area contributed by atoms with Crippen LogP contribution in [0.3, 0.4) is 0 Å². The lowest BCUT2D eigenvalue weighted by Gasteiger charge is -2.33. The minimum absolute atomic E-state index is 0.151. The number of Topliss-reactive ketones (excluding diaryl/α,β-unsaturated/α-hetero) is 1. The molecule has 4 nitrogen and oxygen atoms in total. The van der Waals surface area contributed by atoms with Gasteiger partial charge in [0.2, 0.25) is 0 Å². The molecule has 1 aromatic rings. The van der Waals surface area contributed by atoms with E-state index in [1.54, 1.807) is 24.3 Å². The molecule has 1 fully saturated rings. The fourth-order valence-electron chi connectivity index (χ4n) is 2.38. The Hall–Kier alpha value is -1.39. The highest BCUT2D eigenvalue weighted by molar-refractivity contribution is 5.96. The number of hydrogen-bond acceptors (Lipinski definition) is 4. The van der Waals surface area contributed by atoms with Gasteiger partial charge in [0.1, 0.15) is 5.75 Å². The van der Waals surface area contributed by atoms with Crippen LogP contribution < -0.4 is 0 Å². The predicted octanol–water partition coefficient (Wildman–Crippen LogP) is 1.60. The number of aromatic hydroxyl groups is 1. The van der Waals surface area contributed by atoms with Gasteiger partial charge < -0.3 is 14.9 Å². The van der Waals surface area contributed by atoms with Crippen LogP contribution in [0.15, 0.2) is 24.3 Å². The quantitative estimate of drug-likeness (QED) is 0.819. The summed E-state index contributed by atoms with van der Waals surface area (Å²) in [4.78, 5) is 16.8. The number of phenols is 1. The lowest BCUT2D eigenvalue weighted by atomic mass is 10.1. The Morgan fingerprint density at radius 1 is 1.11 bits per heavy atom. The number of carbonyl (C=O) groups excluding carboxylic acids is 1. The number of piperazine rings is 1. The van der Waals surface area contributed by atoms with Crippen molar-refractivity contribution in [2.24, 2.45) is 0 Å². The molecule has 104 valence electrons. The Bertz CT molecular complexity index is 409. The standard InChI is InChI=1S/C15H22N2O2/c1-2-16-9-11-17(12-10-16)8-7-15(19)13-3-5-14(18)6-4-13/h3-6,18H,2,7-12H2,1H3. The molecule has 19 heavy (non-hydrogen) atoms. The Balaban J connectivity index is 1.76. The molecule has 0 spiro atoms. The van der Waals surface area contributed by atoms with Gasteiger partial charge in [0.05, 0.1) is 0 Å². The summed E-state index contributed by atoms with van der Waals surface area (Å²) in [6, 6.07) is 6.50. The van der Waals surface area contributed by atoms with Gasteiger partial charge in [-0.1, -0.05) is 6.92 Å². The van der Waals surface area contributed by atoms with Crippen LogP contribution >= 0.6 is 0 Å². The molecule has 0 aliphatic carbocycles. The number of phenolic OH excluding ortho intramolecular Hbond substituents is 1. The summed E-state index contributed by atoms with van der Waals surface area (Å²) in [6.45, 7) is 8.43. The van der Waals surface area contributed by atoms with Gasteiger partial charge in [-0.15, -0.1) is 0 Å². The molecule has 0 aromatic heterocycles. The summed E-state index contributed by atoms with van der Waals surface area (Å²) >= 11 is 0. The van der Waals surface area contributed by atoms with Crippen molar-refractivity contribution in [3.8, 4) is 5.75 Å². The second kappa shape index (κ2) is 6.68. The van der Waals surface area contributed by atoms with Crippen LogP contribution in [0.4, 0.5) is 0 Å². The van der Waals surface area contributed by atoms with E-state index >= 15 is 0 Å². The molecule has 1 heterocycles. The molecule has 1 saturated heterocycles. The molecule has 0 bridgehead atoms. The smallest absolute Gasteiger partial charge is 0.164 e. The molecule has 1 aliphatic rings. The third-order valence-corrected chi connectivity index (χ3v) is 3.76. The van der Waals surface area contributed by atoms with E-state index in [0.29, 0.717) is 12.0 Å². The zero-order chi connectivity index (χ0) is 13.7. The van der Waals surface area contributed by atoms with Crippen molar-refractivity contribution in [1.82, 2.24) is 9.80 Å². The van der Waals surface area contributed by atoms with Crippen molar-refractivity contribution in [2.75, 3.05) is 39.3 Å². The monoisotopic (exact) mass is 262 g/mol. The number of nitrogens with zero attached hydrogens (tertiary/aromatic N) is 2. The average molecular weight is 262 g/mol. The SMILES string of the molecule is CCN1CCN(CCC(=O)c2ccc(O)cc2)CC1. The van der Waals surface area contributed by atoms with Gasteiger partial charge in [-0.25, -0.2) is 0 Å². The molecule has 0 unspecified atom stereocenters. The average Bonchev–Trinajstić information content (AvgIpc) is 2.46. The van der Waals surface area contributed by atoms with E-state index in [-0.39, 0.29) is 11.5 Å². The minimum atomic E-state index is 0.151. The highest BCUT2D eigenvalue weighted by Gasteiger charge is 2.16. The molecule has 2 rings (SSSR count). The second-order valence-electron chi connectivity index (χ2n) is 5.00. The predicted molar refractivity (Wildman–Crippen MR) is 75.6 cm³/mol. The van der Waals surface area contributed by atoms with E-state index in [1.165, 1.54) is 0 Å². The lowest BCUT2D eigenvalue weighted by Crippen LogP contribution is -2.46. The van der Waals surface area contributed by atoms with Gasteiger partial charge in [-0.05, 0) is 30.8 Å². The second-order valence-corrected chi connectivity index (χ2v) is 5.00. The fourth-order valence-corrected chi connectivity index (χ4v) is 2.38. The van der Waals surface area contributed by atoms with E-state index in [4.69, 9.17) is 0 Å². The number of benzene rings is 1. The number of ketones is 1. The third kappa shape index (κ3) is 4.04. The summed E-state index contributed by atoms with van der Waals surface area (Å²) in [5, 5.41) is 9.20. The van der Waals surface area contributed by atoms with Crippen molar-refractivity contribution in [2.45, 2.75) is 13.3 Å². The molecule has 1 aromatic carbocycles. The molecule has 0 saturated carbocycles. The lowest BCUT2D eigenvalue weighted by molar-refractivity contribution is 0.0932. The molecular formula is C15H22N2O2. The van der Waals surface area contributed by atoms with E-state index in [1.807, 2.05) is 0 Å². The van der Waals surface area contributed by atoms with Gasteiger partial charge >= 0.3 is 0 Å². The van der Waals surface area contributed by atoms with Gasteiger partial charge in [0.25, 0.3) is 0 Å². The van der Waals surface area contributed by atoms with Crippen molar-refractivity contribution >= 4 is 5.78 Å². The van der Waals surface area contributed by atoms with E-state index in [9.17, 15) is 9.90 Å². The maximum Gasteiger partial charge on any atom is 0.164 e. The first-order chi connectivity index (χ1) is 9.19. The number of likely N-dealkylation sites (N-methyl/N-ethyl adjacent to an activating group) is 1. The van der Waals surface area contributed by atoms with Crippen molar-refractivity contribution in [1.29, 1.82) is 0 Å². The van der Waals surface area contributed by atoms with E-state index in [0.717, 1.165) is 39.3 Å². The minimum Gasteiger partial charge on any atom is -0.508 e. The van der Waals surface area contributed by atoms with Crippen LogP contribution in [0.5, 0.6) is 5.75 Å². The Morgan fingerprint density at radius 2 is 1.68 bits per heavy atom. The summed E-state index contributed by atoms with van der Waals surface area (Å²) < 4.78 is 0. The number of hydrogen-bond donors (Lipinski definition) is 1. The zero-order valence-electron chi connectivity index (χ0n) is 11.5. The summed E-state index contributed by atoms with van der Waals surface area (Å²) in [6.07, 6.45) is 0.552. The molecule has 4 heteroatoms. The van der Waals surface area contributed by atoms with Crippen LogP contribution in [-0.4, -0.2) is 60.0 Å². The van der Waals surface area contributed by atoms with E-state index < -0.39 is 0 Å². The maximum absolute atomic E-state index is 12.0. The molecule has 1 aliphatic heterocycles. The molecule has 0 atom stereocenters. The first-order valence-electron chi connectivity index (χ1n) is 6.96. The maximum atomic E-state index is 12.0. The normalized spacial score (nSPS) is 17.5. The van der Waals surface area contributed by atoms with Crippen LogP contribution in [0, 0.1) is 0 Å². The highest BCUT2D eigenvalue weighted by atomic mass is 16.3. The Kier molecular flexibility index (Phi) is 4.93. The van der Waals surface area contributed by atoms with Crippen LogP contribution in [0.25, 0.3) is 0 Å². The van der Waals surface area contributed by atoms with Crippen molar-refractivity contribution in [3.63, 3.8) is 0 Å². The van der Waals surface area contributed by atoms with Gasteiger partial charge in [0.15, 0.2) is 5.78 Å². The number of rotatable bonds is 5. The summed E-state index contributed by atoms with van der Waals surface area (Å²) in [5.41, 5.74) is 0.685. The van der Waals surface area contributed by atoms with Gasteiger partial charge in [-0.2, -0.15) is 0 Å². The summed E-state index contributed by atoms with van der Waals surface area (Å²) in [7, 11) is 0. The topological polar surface area (TPSA) is 43.8 Å². The molecule has 1 N–H and O–H groups in total. The highest BCUT2D eigenvalue weighted by Crippen LogP contribution is 2.12. The van der Waals surface area contributed by atoms with E-state index in [2.05, 4.69) is 16.7 Å². The Morgan fingerprint density at radius 3 is 2.26 bits per heavy atom. The van der Waals surface area contributed by atoms with Crippen molar-refractivity contribution in [3.05, 3.63) is 29.8 Å². The van der Waals surface area contributed by atoms with Crippen LogP contribution in [0.2, 0.25) is 0 Å². The van der Waals surface area contributed by atoms with Crippen LogP contribution in [-0.2, 0) is 0 Å². The van der Waals surface area contributed by atoms with Crippen LogP contribution in [0.1, 0.15) is 23.7 Å². The molecular weight excluding hydrogens is 240 g/mol. The zero-order valence-corrected chi connectivity index (χ0v) is 11.5.